The van der Waals surface area contributed by atoms with Crippen LogP contribution in [0.15, 0.2) is 24.3 Å². The molecule has 130 valence electrons. The number of nitrogens with zero attached hydrogens (tertiary/aromatic N) is 2. The Morgan fingerprint density at radius 3 is 1.00 bits per heavy atom. The summed E-state index contributed by atoms with van der Waals surface area (Å²) in [5.41, 5.74) is 1.81. The molecule has 0 N–H and O–H groups in total. The quantitative estimate of drug-likeness (QED) is 0.697. The number of aromatic nitrogens is 2. The highest BCUT2D eigenvalue weighted by molar-refractivity contribution is 5.67. The lowest BCUT2D eigenvalue weighted by Crippen LogP contribution is -2.01. The maximum absolute atomic E-state index is 5.54. The van der Waals surface area contributed by atoms with E-state index in [4.69, 9.17) is 18.9 Å². The van der Waals surface area contributed by atoms with Crippen molar-refractivity contribution in [2.75, 3.05) is 26.4 Å². The van der Waals surface area contributed by atoms with E-state index < -0.39 is 0 Å². The third-order valence-corrected chi connectivity index (χ3v) is 3.06. The zero-order valence-corrected chi connectivity index (χ0v) is 14.7. The molecule has 0 atom stereocenters. The highest BCUT2D eigenvalue weighted by atomic mass is 16.5. The van der Waals surface area contributed by atoms with Crippen LogP contribution < -0.4 is 18.9 Å². The predicted molar refractivity (Wildman–Crippen MR) is 92.1 cm³/mol. The lowest BCUT2D eigenvalue weighted by atomic mass is 10.1. The molecule has 0 aromatic carbocycles. The van der Waals surface area contributed by atoms with Crippen LogP contribution in [0.5, 0.6) is 23.5 Å². The van der Waals surface area contributed by atoms with E-state index in [0.717, 1.165) is 11.1 Å². The largest absolute Gasteiger partial charge is 0.478 e. The van der Waals surface area contributed by atoms with Crippen molar-refractivity contribution in [3.05, 3.63) is 24.3 Å². The van der Waals surface area contributed by atoms with Crippen molar-refractivity contribution >= 4 is 0 Å². The number of hydrogen-bond acceptors (Lipinski definition) is 6. The smallest absolute Gasteiger partial charge is 0.217 e. The van der Waals surface area contributed by atoms with Crippen LogP contribution in [0.2, 0.25) is 0 Å². The molecule has 0 fully saturated rings. The molecule has 0 aliphatic rings. The Balaban J connectivity index is 2.47. The maximum atomic E-state index is 5.54. The third-order valence-electron chi connectivity index (χ3n) is 3.06. The Kier molecular flexibility index (Phi) is 6.66. The Bertz CT molecular complexity index is 555. The fourth-order valence-electron chi connectivity index (χ4n) is 2.18. The molecular weight excluding hydrogens is 308 g/mol. The van der Waals surface area contributed by atoms with E-state index in [0.29, 0.717) is 49.9 Å². The van der Waals surface area contributed by atoms with Gasteiger partial charge in [-0.25, -0.2) is 0 Å². The summed E-state index contributed by atoms with van der Waals surface area (Å²) in [7, 11) is 0. The average Bonchev–Trinajstić information content (AvgIpc) is 2.56. The molecule has 0 unspecified atom stereocenters. The first-order valence-electron chi connectivity index (χ1n) is 8.25. The van der Waals surface area contributed by atoms with Gasteiger partial charge in [-0.05, 0) is 38.8 Å². The van der Waals surface area contributed by atoms with Gasteiger partial charge in [-0.3, -0.25) is 0 Å². The minimum atomic E-state index is 0.520. The topological polar surface area (TPSA) is 62.7 Å². The van der Waals surface area contributed by atoms with Crippen molar-refractivity contribution in [1.82, 2.24) is 9.97 Å². The summed E-state index contributed by atoms with van der Waals surface area (Å²) in [6.45, 7) is 9.81. The summed E-state index contributed by atoms with van der Waals surface area (Å²) in [6, 6.07) is 7.47. The number of ether oxygens (including phenoxy) is 4. The van der Waals surface area contributed by atoms with Gasteiger partial charge >= 0.3 is 0 Å². The molecular formula is C18H24N2O4. The van der Waals surface area contributed by atoms with Crippen LogP contribution in [-0.2, 0) is 0 Å². The van der Waals surface area contributed by atoms with Gasteiger partial charge in [-0.15, -0.1) is 0 Å². The van der Waals surface area contributed by atoms with Crippen LogP contribution in [0.1, 0.15) is 27.7 Å². The van der Waals surface area contributed by atoms with E-state index >= 15 is 0 Å². The number of hydrogen-bond donors (Lipinski definition) is 0. The van der Waals surface area contributed by atoms with E-state index in [2.05, 4.69) is 9.97 Å². The van der Waals surface area contributed by atoms with Crippen molar-refractivity contribution < 1.29 is 18.9 Å². The van der Waals surface area contributed by atoms with Gasteiger partial charge in [-0.2, -0.15) is 9.97 Å². The van der Waals surface area contributed by atoms with Gasteiger partial charge in [0, 0.05) is 24.3 Å². The van der Waals surface area contributed by atoms with Gasteiger partial charge in [0.1, 0.15) is 0 Å². The molecule has 0 bridgehead atoms. The van der Waals surface area contributed by atoms with Gasteiger partial charge in [0.2, 0.25) is 23.5 Å². The summed E-state index contributed by atoms with van der Waals surface area (Å²) in [5.74, 6) is 2.08. The van der Waals surface area contributed by atoms with E-state index in [9.17, 15) is 0 Å². The van der Waals surface area contributed by atoms with Gasteiger partial charge in [0.25, 0.3) is 0 Å². The molecule has 24 heavy (non-hydrogen) atoms. The Labute approximate surface area is 142 Å². The molecule has 2 rings (SSSR count). The molecule has 0 amide bonds. The monoisotopic (exact) mass is 332 g/mol. The van der Waals surface area contributed by atoms with Crippen molar-refractivity contribution in [3.8, 4) is 34.6 Å². The molecule has 6 nitrogen and oxygen atoms in total. The fourth-order valence-corrected chi connectivity index (χ4v) is 2.18. The van der Waals surface area contributed by atoms with Crippen LogP contribution in [0.25, 0.3) is 11.1 Å². The predicted octanol–water partition coefficient (Wildman–Crippen LogP) is 3.74. The fraction of sp³-hybridized carbons (Fsp3) is 0.444. The molecule has 0 radical (unpaired) electrons. The first kappa shape index (κ1) is 17.8. The summed E-state index contributed by atoms with van der Waals surface area (Å²) >= 11 is 0. The average molecular weight is 332 g/mol. The highest BCUT2D eigenvalue weighted by Gasteiger charge is 2.11. The molecule has 0 spiro atoms. The van der Waals surface area contributed by atoms with Gasteiger partial charge in [0.05, 0.1) is 26.4 Å². The lowest BCUT2D eigenvalue weighted by Gasteiger charge is -2.12. The van der Waals surface area contributed by atoms with Gasteiger partial charge < -0.3 is 18.9 Å². The molecule has 0 aliphatic heterocycles. The Morgan fingerprint density at radius 1 is 0.542 bits per heavy atom. The molecule has 2 heterocycles. The number of pyridine rings is 2. The van der Waals surface area contributed by atoms with Crippen molar-refractivity contribution in [2.24, 2.45) is 0 Å². The highest BCUT2D eigenvalue weighted by Crippen LogP contribution is 2.31. The molecule has 2 aromatic heterocycles. The van der Waals surface area contributed by atoms with E-state index in [1.165, 1.54) is 0 Å². The summed E-state index contributed by atoms with van der Waals surface area (Å²) in [4.78, 5) is 8.67. The lowest BCUT2D eigenvalue weighted by molar-refractivity contribution is 0.298. The second kappa shape index (κ2) is 8.96. The molecule has 6 heteroatoms. The third kappa shape index (κ3) is 4.75. The van der Waals surface area contributed by atoms with Crippen LogP contribution in [0, 0.1) is 0 Å². The molecule has 0 saturated carbocycles. The second-order valence-electron chi connectivity index (χ2n) is 4.80. The molecule has 0 aliphatic carbocycles. The minimum absolute atomic E-state index is 0.520. The number of rotatable bonds is 9. The van der Waals surface area contributed by atoms with Crippen molar-refractivity contribution in [3.63, 3.8) is 0 Å². The van der Waals surface area contributed by atoms with Crippen LogP contribution >= 0.6 is 0 Å². The van der Waals surface area contributed by atoms with Crippen molar-refractivity contribution in [2.45, 2.75) is 27.7 Å². The van der Waals surface area contributed by atoms with Crippen molar-refractivity contribution in [1.29, 1.82) is 0 Å². The van der Waals surface area contributed by atoms with E-state index in [1.54, 1.807) is 0 Å². The van der Waals surface area contributed by atoms with Crippen LogP contribution in [0.4, 0.5) is 0 Å². The maximum Gasteiger partial charge on any atom is 0.217 e. The molecule has 0 saturated heterocycles. The first-order chi connectivity index (χ1) is 11.7. The zero-order valence-electron chi connectivity index (χ0n) is 14.7. The minimum Gasteiger partial charge on any atom is -0.478 e. The normalized spacial score (nSPS) is 10.3. The summed E-state index contributed by atoms with van der Waals surface area (Å²) < 4.78 is 22.2. The Morgan fingerprint density at radius 2 is 0.792 bits per heavy atom. The van der Waals surface area contributed by atoms with E-state index in [1.807, 2.05) is 52.0 Å². The van der Waals surface area contributed by atoms with Gasteiger partial charge in [0.15, 0.2) is 0 Å². The van der Waals surface area contributed by atoms with E-state index in [-0.39, 0.29) is 0 Å². The van der Waals surface area contributed by atoms with Crippen LogP contribution in [-0.4, -0.2) is 36.4 Å². The van der Waals surface area contributed by atoms with Gasteiger partial charge in [-0.1, -0.05) is 0 Å². The second-order valence-corrected chi connectivity index (χ2v) is 4.80. The Hall–Kier alpha value is -2.50. The standard InChI is InChI=1S/C18H24N2O4/c1-5-21-15-9-13(10-16(19-15)22-6-2)14-11-17(23-7-3)20-18(12-14)24-8-4/h9-12H,5-8H2,1-4H3. The SMILES string of the molecule is CCOc1cc(-c2cc(OCC)nc(OCC)c2)cc(OCC)n1. The summed E-state index contributed by atoms with van der Waals surface area (Å²) in [6.07, 6.45) is 0. The first-order valence-corrected chi connectivity index (χ1v) is 8.25. The summed E-state index contributed by atoms with van der Waals surface area (Å²) in [5, 5.41) is 0. The molecule has 2 aromatic rings. The van der Waals surface area contributed by atoms with Crippen LogP contribution in [0.3, 0.4) is 0 Å². The zero-order chi connectivity index (χ0) is 17.4.